The quantitative estimate of drug-likeness (QED) is 0.761. The molecule has 0 fully saturated rings. The van der Waals surface area contributed by atoms with Crippen LogP contribution in [0.5, 0.6) is 0 Å². The molecular formula is C10H17N3. The fourth-order valence-corrected chi connectivity index (χ4v) is 1.32. The van der Waals surface area contributed by atoms with Crippen LogP contribution in [-0.2, 0) is 6.54 Å². The van der Waals surface area contributed by atoms with Crippen molar-refractivity contribution in [3.63, 3.8) is 0 Å². The highest BCUT2D eigenvalue weighted by Gasteiger charge is 1.99. The molecule has 0 spiro atoms. The summed E-state index contributed by atoms with van der Waals surface area (Å²) < 4.78 is 0. The summed E-state index contributed by atoms with van der Waals surface area (Å²) in [5.41, 5.74) is 6.62. The van der Waals surface area contributed by atoms with Crippen molar-refractivity contribution in [2.75, 3.05) is 19.3 Å². The number of hydrogen-bond acceptors (Lipinski definition) is 3. The van der Waals surface area contributed by atoms with Crippen molar-refractivity contribution in [2.45, 2.75) is 19.9 Å². The van der Waals surface area contributed by atoms with Crippen LogP contribution in [0.15, 0.2) is 18.2 Å². The van der Waals surface area contributed by atoms with Crippen molar-refractivity contribution in [1.82, 2.24) is 9.88 Å². The molecule has 72 valence electrons. The lowest BCUT2D eigenvalue weighted by Crippen LogP contribution is -2.19. The van der Waals surface area contributed by atoms with Crippen LogP contribution in [0, 0.1) is 0 Å². The maximum absolute atomic E-state index is 5.58. The Morgan fingerprint density at radius 2 is 2.23 bits per heavy atom. The fourth-order valence-electron chi connectivity index (χ4n) is 1.32. The second-order valence-corrected chi connectivity index (χ2v) is 3.29. The van der Waals surface area contributed by atoms with Gasteiger partial charge < -0.3 is 10.6 Å². The number of hydrogen-bond donors (Lipinski definition) is 1. The van der Waals surface area contributed by atoms with E-state index in [-0.39, 0.29) is 0 Å². The third kappa shape index (κ3) is 3.42. The van der Waals surface area contributed by atoms with E-state index in [9.17, 15) is 0 Å². The summed E-state index contributed by atoms with van der Waals surface area (Å²) in [6.45, 7) is 4.14. The number of anilines is 1. The van der Waals surface area contributed by atoms with Gasteiger partial charge in [0.1, 0.15) is 5.82 Å². The Hall–Kier alpha value is -1.09. The Morgan fingerprint density at radius 3 is 2.85 bits per heavy atom. The lowest BCUT2D eigenvalue weighted by molar-refractivity contribution is 0.324. The first-order chi connectivity index (χ1) is 6.22. The third-order valence-corrected chi connectivity index (χ3v) is 1.87. The second-order valence-electron chi connectivity index (χ2n) is 3.29. The van der Waals surface area contributed by atoms with Gasteiger partial charge in [-0.25, -0.2) is 4.98 Å². The van der Waals surface area contributed by atoms with E-state index in [0.29, 0.717) is 5.82 Å². The van der Waals surface area contributed by atoms with Crippen molar-refractivity contribution in [2.24, 2.45) is 0 Å². The van der Waals surface area contributed by atoms with Crippen molar-refractivity contribution in [1.29, 1.82) is 0 Å². The maximum Gasteiger partial charge on any atom is 0.123 e. The molecule has 2 N–H and O–H groups in total. The Labute approximate surface area is 79.6 Å². The fraction of sp³-hybridized carbons (Fsp3) is 0.500. The molecule has 3 heteroatoms. The van der Waals surface area contributed by atoms with Crippen molar-refractivity contribution in [3.8, 4) is 0 Å². The number of nitrogen functional groups attached to an aromatic ring is 1. The topological polar surface area (TPSA) is 42.1 Å². The summed E-state index contributed by atoms with van der Waals surface area (Å²) in [5.74, 6) is 0.599. The first-order valence-corrected chi connectivity index (χ1v) is 4.62. The molecule has 0 amide bonds. The van der Waals surface area contributed by atoms with Gasteiger partial charge in [-0.3, -0.25) is 0 Å². The van der Waals surface area contributed by atoms with E-state index >= 15 is 0 Å². The van der Waals surface area contributed by atoms with E-state index in [4.69, 9.17) is 5.73 Å². The van der Waals surface area contributed by atoms with Gasteiger partial charge in [0.05, 0.1) is 5.69 Å². The first kappa shape index (κ1) is 9.99. The number of rotatable bonds is 4. The van der Waals surface area contributed by atoms with Crippen LogP contribution in [0.2, 0.25) is 0 Å². The van der Waals surface area contributed by atoms with E-state index in [1.807, 2.05) is 18.2 Å². The minimum atomic E-state index is 0.599. The molecule has 0 radical (unpaired) electrons. The Kier molecular flexibility index (Phi) is 3.71. The molecule has 1 aromatic rings. The Morgan fingerprint density at radius 1 is 1.46 bits per heavy atom. The Bertz CT molecular complexity index is 260. The molecular weight excluding hydrogens is 162 g/mol. The summed E-state index contributed by atoms with van der Waals surface area (Å²) >= 11 is 0. The molecule has 0 aliphatic rings. The summed E-state index contributed by atoms with van der Waals surface area (Å²) in [7, 11) is 2.09. The zero-order valence-corrected chi connectivity index (χ0v) is 8.33. The van der Waals surface area contributed by atoms with E-state index < -0.39 is 0 Å². The number of aromatic nitrogens is 1. The monoisotopic (exact) mass is 179 g/mol. The lowest BCUT2D eigenvalue weighted by Gasteiger charge is -2.14. The molecule has 3 nitrogen and oxygen atoms in total. The zero-order valence-electron chi connectivity index (χ0n) is 8.33. The van der Waals surface area contributed by atoms with Crippen LogP contribution >= 0.6 is 0 Å². The molecule has 0 aromatic carbocycles. The van der Waals surface area contributed by atoms with Gasteiger partial charge in [-0.2, -0.15) is 0 Å². The van der Waals surface area contributed by atoms with Crippen LogP contribution in [0.25, 0.3) is 0 Å². The molecule has 1 rings (SSSR count). The predicted octanol–water partition coefficient (Wildman–Crippen LogP) is 1.51. The van der Waals surface area contributed by atoms with Crippen LogP contribution in [-0.4, -0.2) is 23.5 Å². The van der Waals surface area contributed by atoms with Gasteiger partial charge in [-0.1, -0.05) is 13.0 Å². The summed E-state index contributed by atoms with van der Waals surface area (Å²) in [5, 5.41) is 0. The van der Waals surface area contributed by atoms with Gasteiger partial charge in [0.2, 0.25) is 0 Å². The number of nitrogens with zero attached hydrogens (tertiary/aromatic N) is 2. The van der Waals surface area contributed by atoms with Crippen molar-refractivity contribution >= 4 is 5.82 Å². The first-order valence-electron chi connectivity index (χ1n) is 4.62. The molecule has 0 aliphatic heterocycles. The smallest absolute Gasteiger partial charge is 0.123 e. The third-order valence-electron chi connectivity index (χ3n) is 1.87. The summed E-state index contributed by atoms with van der Waals surface area (Å²) in [6.07, 6.45) is 1.17. The normalized spacial score (nSPS) is 10.7. The molecule has 0 atom stereocenters. The maximum atomic E-state index is 5.58. The van der Waals surface area contributed by atoms with Gasteiger partial charge in [0, 0.05) is 6.54 Å². The summed E-state index contributed by atoms with van der Waals surface area (Å²) in [4.78, 5) is 6.47. The van der Waals surface area contributed by atoms with E-state index in [2.05, 4.69) is 23.9 Å². The SMILES string of the molecule is CCCN(C)Cc1cccc(N)n1. The van der Waals surface area contributed by atoms with Crippen LogP contribution in [0.1, 0.15) is 19.0 Å². The lowest BCUT2D eigenvalue weighted by atomic mass is 10.3. The highest BCUT2D eigenvalue weighted by atomic mass is 15.1. The van der Waals surface area contributed by atoms with Gasteiger partial charge in [0.25, 0.3) is 0 Å². The molecule has 1 aromatic heterocycles. The highest BCUT2D eigenvalue weighted by Crippen LogP contribution is 2.03. The second kappa shape index (κ2) is 4.82. The molecule has 13 heavy (non-hydrogen) atoms. The minimum absolute atomic E-state index is 0.599. The van der Waals surface area contributed by atoms with E-state index in [1.165, 1.54) is 6.42 Å². The standard InChI is InChI=1S/C10H17N3/c1-3-7-13(2)8-9-5-4-6-10(11)12-9/h4-6H,3,7-8H2,1-2H3,(H2,11,12). The average molecular weight is 179 g/mol. The zero-order chi connectivity index (χ0) is 9.68. The molecule has 0 aliphatic carbocycles. The highest BCUT2D eigenvalue weighted by molar-refractivity contribution is 5.28. The average Bonchev–Trinajstić information content (AvgIpc) is 2.04. The summed E-state index contributed by atoms with van der Waals surface area (Å²) in [6, 6.07) is 5.75. The Balaban J connectivity index is 2.53. The van der Waals surface area contributed by atoms with Crippen molar-refractivity contribution < 1.29 is 0 Å². The number of nitrogens with two attached hydrogens (primary N) is 1. The van der Waals surface area contributed by atoms with Crippen LogP contribution in [0.4, 0.5) is 5.82 Å². The predicted molar refractivity (Wildman–Crippen MR) is 55.3 cm³/mol. The largest absolute Gasteiger partial charge is 0.384 e. The molecule has 0 saturated heterocycles. The van der Waals surface area contributed by atoms with Crippen LogP contribution < -0.4 is 5.73 Å². The van der Waals surface area contributed by atoms with E-state index in [0.717, 1.165) is 18.8 Å². The minimum Gasteiger partial charge on any atom is -0.384 e. The van der Waals surface area contributed by atoms with Gasteiger partial charge >= 0.3 is 0 Å². The van der Waals surface area contributed by atoms with Crippen molar-refractivity contribution in [3.05, 3.63) is 23.9 Å². The number of pyridine rings is 1. The van der Waals surface area contributed by atoms with Crippen LogP contribution in [0.3, 0.4) is 0 Å². The molecule has 0 bridgehead atoms. The van der Waals surface area contributed by atoms with E-state index in [1.54, 1.807) is 0 Å². The van der Waals surface area contributed by atoms with Gasteiger partial charge in [-0.15, -0.1) is 0 Å². The molecule has 1 heterocycles. The molecule has 0 saturated carbocycles. The van der Waals surface area contributed by atoms with Gasteiger partial charge in [-0.05, 0) is 32.1 Å². The van der Waals surface area contributed by atoms with Gasteiger partial charge in [0.15, 0.2) is 0 Å². The molecule has 0 unspecified atom stereocenters.